The number of hydrogen-bond acceptors (Lipinski definition) is 12. The molecule has 0 radical (unpaired) electrons. The lowest BCUT2D eigenvalue weighted by Gasteiger charge is -2.30. The number of nitrogens with one attached hydrogen (secondary N) is 4. The number of aromatic nitrogens is 4. The SMILES string of the molecule is COC(=O)NC(C(=O)N1CCC[C@H]1c1ncc(-c2ccc3c(ccc4cc(-c5cnc([C@@H]6CC(OC(=O)N7Cc8cc9c(cc8C7)OCO9)CN6C(=O)[C@@H](NC(=O)OC)C(C)C)[nH]5)ccc43)c2)[nH]1)C(C)C. The zero-order valence-corrected chi connectivity index (χ0v) is 40.4. The lowest BCUT2D eigenvalue weighted by molar-refractivity contribution is -0.136. The van der Waals surface area contributed by atoms with E-state index in [1.807, 2.05) is 45.9 Å². The van der Waals surface area contributed by atoms with Crippen molar-refractivity contribution in [3.05, 3.63) is 95.8 Å². The number of H-pyrrole nitrogens is 2. The topological polar surface area (TPSA) is 223 Å². The maximum Gasteiger partial charge on any atom is 0.410 e. The van der Waals surface area contributed by atoms with E-state index in [1.54, 1.807) is 27.1 Å². The molecule has 2 unspecified atom stereocenters. The van der Waals surface area contributed by atoms with Crippen molar-refractivity contribution in [2.75, 3.05) is 34.1 Å². The Hall–Kier alpha value is -7.83. The van der Waals surface area contributed by atoms with Gasteiger partial charge in [-0.25, -0.2) is 24.4 Å². The highest BCUT2D eigenvalue weighted by Gasteiger charge is 2.44. The monoisotopic (exact) mass is 967 g/mol. The van der Waals surface area contributed by atoms with E-state index in [0.29, 0.717) is 42.8 Å². The maximum absolute atomic E-state index is 14.4. The lowest BCUT2D eigenvalue weighted by Crippen LogP contribution is -2.51. The Kier molecular flexibility index (Phi) is 12.7. The molecule has 0 spiro atoms. The second-order valence-corrected chi connectivity index (χ2v) is 19.3. The van der Waals surface area contributed by atoms with Gasteiger partial charge >= 0.3 is 18.3 Å². The normalized spacial score (nSPS) is 19.1. The van der Waals surface area contributed by atoms with Crippen LogP contribution in [0.4, 0.5) is 14.4 Å². The van der Waals surface area contributed by atoms with E-state index >= 15 is 0 Å². The van der Waals surface area contributed by atoms with Crippen LogP contribution < -0.4 is 20.1 Å². The molecule has 2 fully saturated rings. The van der Waals surface area contributed by atoms with Crippen LogP contribution in [-0.4, -0.2) is 117 Å². The number of amides is 5. The van der Waals surface area contributed by atoms with Gasteiger partial charge in [0.2, 0.25) is 18.6 Å². The first-order chi connectivity index (χ1) is 34.3. The molecule has 0 saturated carbocycles. The van der Waals surface area contributed by atoms with Crippen LogP contribution in [0, 0.1) is 11.8 Å². The van der Waals surface area contributed by atoms with Crippen LogP contribution in [0.25, 0.3) is 44.1 Å². The largest absolute Gasteiger partial charge is 0.454 e. The number of fused-ring (bicyclic) bond motifs is 5. The highest BCUT2D eigenvalue weighted by molar-refractivity contribution is 6.09. The van der Waals surface area contributed by atoms with Crippen LogP contribution in [0.1, 0.15) is 81.8 Å². The molecular formula is C52H57N9O10. The van der Waals surface area contributed by atoms with E-state index in [-0.39, 0.29) is 49.5 Å². The number of likely N-dealkylation sites (tertiary alicyclic amines) is 2. The van der Waals surface area contributed by atoms with E-state index < -0.39 is 42.5 Å². The molecule has 6 aromatic rings. The standard InChI is InChI=1S/C52H57N9O10/c1-27(2)44(57-50(64)67-5)48(62)60-15-7-8-40(60)46-53-21-38(55-46)31-11-13-36-29(16-31)9-10-30-17-32(12-14-37(30)36)39-22-54-47(56-39)41-20-35(25-61(41)49(63)45(28(3)4)58-51(65)68-6)71-52(66)59-23-33-18-42-43(70-26-69-42)19-34(33)24-59/h9-14,16-19,21-22,27-28,35,40-41,44-45H,7-8,15,20,23-26H2,1-6H3,(H,53,55)(H,54,56)(H,57,64)(H,58,65)/t35?,40-,41-,44?,45-/m0/s1. The zero-order valence-electron chi connectivity index (χ0n) is 40.4. The molecule has 0 bridgehead atoms. The van der Waals surface area contributed by atoms with Gasteiger partial charge in [-0.3, -0.25) is 14.5 Å². The van der Waals surface area contributed by atoms with Gasteiger partial charge in [0.1, 0.15) is 29.8 Å². The summed E-state index contributed by atoms with van der Waals surface area (Å²) in [6.07, 6.45) is 2.88. The molecule has 71 heavy (non-hydrogen) atoms. The number of hydrogen-bond donors (Lipinski definition) is 4. The quantitative estimate of drug-likeness (QED) is 0.0724. The Morgan fingerprint density at radius 1 is 0.690 bits per heavy atom. The van der Waals surface area contributed by atoms with Gasteiger partial charge in [-0.1, -0.05) is 64.1 Å². The third-order valence-electron chi connectivity index (χ3n) is 14.1. The molecule has 19 nitrogen and oxygen atoms in total. The third-order valence-corrected chi connectivity index (χ3v) is 14.1. The molecule has 4 aliphatic rings. The summed E-state index contributed by atoms with van der Waals surface area (Å²) in [6.45, 7) is 9.00. The minimum absolute atomic E-state index is 0.0943. The summed E-state index contributed by atoms with van der Waals surface area (Å²) in [5.74, 6) is 1.61. The lowest BCUT2D eigenvalue weighted by atomic mass is 9.97. The van der Waals surface area contributed by atoms with Gasteiger partial charge in [0.05, 0.1) is 56.6 Å². The number of aromatic amines is 2. The first-order valence-electron chi connectivity index (χ1n) is 24.0. The van der Waals surface area contributed by atoms with Gasteiger partial charge < -0.3 is 54.1 Å². The maximum atomic E-state index is 14.4. The van der Waals surface area contributed by atoms with Crippen LogP contribution in [0.15, 0.2) is 73.1 Å². The van der Waals surface area contributed by atoms with Crippen molar-refractivity contribution in [2.45, 2.75) is 90.3 Å². The third kappa shape index (κ3) is 9.11. The first-order valence-corrected chi connectivity index (χ1v) is 24.0. The predicted molar refractivity (Wildman–Crippen MR) is 260 cm³/mol. The molecule has 4 N–H and O–H groups in total. The van der Waals surface area contributed by atoms with Crippen molar-refractivity contribution in [3.8, 4) is 34.0 Å². The van der Waals surface area contributed by atoms with Crippen LogP contribution in [0.2, 0.25) is 0 Å². The average Bonchev–Trinajstić information content (AvgIpc) is 4.24. The number of rotatable bonds is 11. The molecule has 5 amide bonds. The fourth-order valence-corrected chi connectivity index (χ4v) is 10.3. The molecular weight excluding hydrogens is 911 g/mol. The summed E-state index contributed by atoms with van der Waals surface area (Å²) in [7, 11) is 2.53. The van der Waals surface area contributed by atoms with Crippen LogP contribution in [-0.2, 0) is 36.9 Å². The van der Waals surface area contributed by atoms with E-state index in [2.05, 4.69) is 63.1 Å². The molecule has 10 rings (SSSR count). The number of carbonyl (C=O) groups is 5. The highest BCUT2D eigenvalue weighted by atomic mass is 16.7. The Morgan fingerprint density at radius 2 is 1.21 bits per heavy atom. The number of benzene rings is 4. The summed E-state index contributed by atoms with van der Waals surface area (Å²) in [6, 6.07) is 18.0. The van der Waals surface area contributed by atoms with Gasteiger partial charge in [0.25, 0.3) is 0 Å². The Bertz CT molecular complexity index is 3020. The molecule has 2 saturated heterocycles. The number of carbonyl (C=O) groups excluding carboxylic acids is 5. The van der Waals surface area contributed by atoms with Crippen LogP contribution >= 0.6 is 0 Å². The minimum Gasteiger partial charge on any atom is -0.454 e. The summed E-state index contributed by atoms with van der Waals surface area (Å²) in [4.78, 5) is 87.7. The van der Waals surface area contributed by atoms with Gasteiger partial charge in [0, 0.05) is 37.2 Å². The number of imidazole rings is 2. The Labute approximate surface area is 409 Å². The average molecular weight is 968 g/mol. The second-order valence-electron chi connectivity index (χ2n) is 19.3. The summed E-state index contributed by atoms with van der Waals surface area (Å²) < 4.78 is 26.8. The predicted octanol–water partition coefficient (Wildman–Crippen LogP) is 7.72. The van der Waals surface area contributed by atoms with Gasteiger partial charge in [0.15, 0.2) is 11.5 Å². The van der Waals surface area contributed by atoms with Crippen molar-refractivity contribution in [1.82, 2.24) is 45.3 Å². The van der Waals surface area contributed by atoms with E-state index in [9.17, 15) is 24.0 Å². The summed E-state index contributed by atoms with van der Waals surface area (Å²) in [5, 5.41) is 9.58. The molecule has 6 heterocycles. The second kappa shape index (κ2) is 19.2. The molecule has 370 valence electrons. The molecule has 19 heteroatoms. The van der Waals surface area contributed by atoms with Crippen LogP contribution in [0.3, 0.4) is 0 Å². The Balaban J connectivity index is 0.861. The first kappa shape index (κ1) is 46.9. The molecule has 5 atom stereocenters. The Morgan fingerprint density at radius 3 is 1.73 bits per heavy atom. The number of alkyl carbamates (subject to hydrolysis) is 2. The molecule has 4 aromatic carbocycles. The highest BCUT2D eigenvalue weighted by Crippen LogP contribution is 2.40. The van der Waals surface area contributed by atoms with E-state index in [4.69, 9.17) is 33.7 Å². The van der Waals surface area contributed by atoms with Gasteiger partial charge in [-0.2, -0.15) is 0 Å². The van der Waals surface area contributed by atoms with E-state index in [1.165, 1.54) is 14.2 Å². The van der Waals surface area contributed by atoms with Crippen molar-refractivity contribution >= 4 is 51.6 Å². The fourth-order valence-electron chi connectivity index (χ4n) is 10.3. The van der Waals surface area contributed by atoms with Gasteiger partial charge in [-0.05, 0) is 81.6 Å². The van der Waals surface area contributed by atoms with Crippen molar-refractivity contribution in [2.24, 2.45) is 11.8 Å². The minimum atomic E-state index is -0.904. The van der Waals surface area contributed by atoms with Crippen molar-refractivity contribution in [3.63, 3.8) is 0 Å². The van der Waals surface area contributed by atoms with Crippen molar-refractivity contribution < 1.29 is 47.7 Å². The van der Waals surface area contributed by atoms with E-state index in [0.717, 1.165) is 68.0 Å². The van der Waals surface area contributed by atoms with Crippen molar-refractivity contribution in [1.29, 1.82) is 0 Å². The zero-order chi connectivity index (χ0) is 49.7. The van der Waals surface area contributed by atoms with Crippen LogP contribution in [0.5, 0.6) is 11.5 Å². The fraction of sp³-hybridized carbons (Fsp3) is 0.404. The summed E-state index contributed by atoms with van der Waals surface area (Å²) in [5.41, 5.74) is 5.32. The number of ether oxygens (including phenoxy) is 5. The summed E-state index contributed by atoms with van der Waals surface area (Å²) >= 11 is 0. The van der Waals surface area contributed by atoms with Gasteiger partial charge in [-0.15, -0.1) is 0 Å². The number of nitrogens with zero attached hydrogens (tertiary/aromatic N) is 5. The molecule has 2 aromatic heterocycles. The molecule has 4 aliphatic heterocycles. The number of methoxy groups -OCH3 is 2. The smallest absolute Gasteiger partial charge is 0.410 e. The molecule has 0 aliphatic carbocycles.